The number of alkyl halides is 1. The predicted molar refractivity (Wildman–Crippen MR) is 54.1 cm³/mol. The van der Waals surface area contributed by atoms with Crippen molar-refractivity contribution in [1.82, 2.24) is 0 Å². The molecular formula is C8H10Br2O. The molecule has 0 aromatic carbocycles. The largest absolute Gasteiger partial charge is 0.497 e. The van der Waals surface area contributed by atoms with Gasteiger partial charge in [0.25, 0.3) is 0 Å². The summed E-state index contributed by atoms with van der Waals surface area (Å²) in [6.45, 7) is 0.761. The fourth-order valence-corrected chi connectivity index (χ4v) is 1.37. The summed E-state index contributed by atoms with van der Waals surface area (Å²) >= 11 is 6.75. The van der Waals surface area contributed by atoms with Crippen molar-refractivity contribution >= 4 is 31.9 Å². The Kier molecular flexibility index (Phi) is 4.23. The second-order valence-electron chi connectivity index (χ2n) is 2.28. The normalized spacial score (nSPS) is 17.3. The maximum Gasteiger partial charge on any atom is 0.0974 e. The van der Waals surface area contributed by atoms with Gasteiger partial charge in [-0.2, -0.15) is 0 Å². The zero-order valence-corrected chi connectivity index (χ0v) is 9.32. The summed E-state index contributed by atoms with van der Waals surface area (Å²) < 4.78 is 6.68. The van der Waals surface area contributed by atoms with Gasteiger partial charge in [-0.3, -0.25) is 0 Å². The van der Waals surface area contributed by atoms with E-state index in [1.54, 1.807) is 0 Å². The highest BCUT2D eigenvalue weighted by Crippen LogP contribution is 2.22. The first-order chi connectivity index (χ1) is 5.33. The summed E-state index contributed by atoms with van der Waals surface area (Å²) in [5.74, 6) is 1.09. The standard InChI is InChI=1S/C8H10Br2O/c9-5-6-11-8-3-1-7(10)2-4-8/h1,3H,2,4-6H2. The molecule has 1 aliphatic rings. The molecule has 0 heterocycles. The average Bonchev–Trinajstić information content (AvgIpc) is 2.04. The van der Waals surface area contributed by atoms with Gasteiger partial charge >= 0.3 is 0 Å². The van der Waals surface area contributed by atoms with Crippen molar-refractivity contribution in [2.24, 2.45) is 0 Å². The summed E-state index contributed by atoms with van der Waals surface area (Å²) in [4.78, 5) is 0. The van der Waals surface area contributed by atoms with Crippen LogP contribution in [0.25, 0.3) is 0 Å². The number of ether oxygens (including phenoxy) is 1. The van der Waals surface area contributed by atoms with Crippen LogP contribution in [0.5, 0.6) is 0 Å². The first kappa shape index (κ1) is 9.33. The van der Waals surface area contributed by atoms with E-state index in [0.29, 0.717) is 0 Å². The van der Waals surface area contributed by atoms with Gasteiger partial charge in [0.1, 0.15) is 0 Å². The van der Waals surface area contributed by atoms with Crippen molar-refractivity contribution in [1.29, 1.82) is 0 Å². The molecule has 3 heteroatoms. The minimum Gasteiger partial charge on any atom is -0.497 e. The third-order valence-corrected chi connectivity index (χ3v) is 2.41. The zero-order valence-electron chi connectivity index (χ0n) is 6.15. The lowest BCUT2D eigenvalue weighted by Gasteiger charge is -2.11. The summed E-state index contributed by atoms with van der Waals surface area (Å²) in [6, 6.07) is 0. The lowest BCUT2D eigenvalue weighted by Crippen LogP contribution is -1.98. The molecule has 0 spiro atoms. The summed E-state index contributed by atoms with van der Waals surface area (Å²) in [6.07, 6.45) is 6.15. The van der Waals surface area contributed by atoms with Gasteiger partial charge < -0.3 is 4.74 Å². The van der Waals surface area contributed by atoms with Gasteiger partial charge in [-0.25, -0.2) is 0 Å². The smallest absolute Gasteiger partial charge is 0.0974 e. The van der Waals surface area contributed by atoms with Crippen molar-refractivity contribution in [2.45, 2.75) is 12.8 Å². The number of halogens is 2. The Bertz CT molecular complexity index is 185. The monoisotopic (exact) mass is 280 g/mol. The predicted octanol–water partition coefficient (Wildman–Crippen LogP) is 3.35. The van der Waals surface area contributed by atoms with Crippen molar-refractivity contribution < 1.29 is 4.74 Å². The van der Waals surface area contributed by atoms with E-state index in [1.165, 1.54) is 4.48 Å². The highest BCUT2D eigenvalue weighted by atomic mass is 79.9. The van der Waals surface area contributed by atoms with Crippen molar-refractivity contribution in [3.8, 4) is 0 Å². The van der Waals surface area contributed by atoms with Gasteiger partial charge in [0.05, 0.1) is 12.4 Å². The van der Waals surface area contributed by atoms with E-state index in [1.807, 2.05) is 12.2 Å². The third-order valence-electron chi connectivity index (χ3n) is 1.42. The Labute approximate surface area is 83.8 Å². The summed E-state index contributed by atoms with van der Waals surface area (Å²) in [5, 5.41) is 0.898. The number of hydrogen-bond acceptors (Lipinski definition) is 1. The van der Waals surface area contributed by atoms with E-state index in [2.05, 4.69) is 31.9 Å². The fourth-order valence-electron chi connectivity index (χ4n) is 0.883. The zero-order chi connectivity index (χ0) is 8.10. The summed E-state index contributed by atoms with van der Waals surface area (Å²) in [5.41, 5.74) is 0. The van der Waals surface area contributed by atoms with E-state index >= 15 is 0 Å². The van der Waals surface area contributed by atoms with Crippen LogP contribution in [0.4, 0.5) is 0 Å². The molecule has 0 saturated carbocycles. The number of rotatable bonds is 3. The molecule has 0 atom stereocenters. The van der Waals surface area contributed by atoms with Crippen LogP contribution in [0.2, 0.25) is 0 Å². The summed E-state index contributed by atoms with van der Waals surface area (Å²) in [7, 11) is 0. The first-order valence-electron chi connectivity index (χ1n) is 3.57. The number of allylic oxidation sites excluding steroid dienone is 4. The Hall–Kier alpha value is 0.240. The van der Waals surface area contributed by atoms with Crippen LogP contribution >= 0.6 is 31.9 Å². The SMILES string of the molecule is BrCCOC1=CC=C(Br)CC1. The maximum absolute atomic E-state index is 5.43. The lowest BCUT2D eigenvalue weighted by atomic mass is 10.2. The van der Waals surface area contributed by atoms with Crippen LogP contribution in [0.3, 0.4) is 0 Å². The molecule has 0 aromatic heterocycles. The van der Waals surface area contributed by atoms with E-state index < -0.39 is 0 Å². The third kappa shape index (κ3) is 3.43. The van der Waals surface area contributed by atoms with Gasteiger partial charge in [-0.1, -0.05) is 31.9 Å². The maximum atomic E-state index is 5.43. The van der Waals surface area contributed by atoms with E-state index in [-0.39, 0.29) is 0 Å². The molecule has 1 aliphatic carbocycles. The molecular weight excluding hydrogens is 272 g/mol. The average molecular weight is 282 g/mol. The highest BCUT2D eigenvalue weighted by Gasteiger charge is 2.03. The molecule has 0 aromatic rings. The minimum atomic E-state index is 0.761. The van der Waals surface area contributed by atoms with Crippen LogP contribution in [0.1, 0.15) is 12.8 Å². The first-order valence-corrected chi connectivity index (χ1v) is 5.48. The van der Waals surface area contributed by atoms with Gasteiger partial charge in [0.15, 0.2) is 0 Å². The van der Waals surface area contributed by atoms with Crippen LogP contribution in [-0.2, 0) is 4.74 Å². The molecule has 62 valence electrons. The fraction of sp³-hybridized carbons (Fsp3) is 0.500. The Morgan fingerprint density at radius 3 is 2.73 bits per heavy atom. The van der Waals surface area contributed by atoms with Gasteiger partial charge in [0.2, 0.25) is 0 Å². The Morgan fingerprint density at radius 1 is 1.36 bits per heavy atom. The molecule has 1 rings (SSSR count). The molecule has 0 N–H and O–H groups in total. The molecule has 0 radical (unpaired) electrons. The lowest BCUT2D eigenvalue weighted by molar-refractivity contribution is 0.221. The highest BCUT2D eigenvalue weighted by molar-refractivity contribution is 9.11. The van der Waals surface area contributed by atoms with Gasteiger partial charge in [0, 0.05) is 11.8 Å². The molecule has 0 fully saturated rings. The second-order valence-corrected chi connectivity index (χ2v) is 4.10. The number of hydrogen-bond donors (Lipinski definition) is 0. The Morgan fingerprint density at radius 2 is 2.18 bits per heavy atom. The molecule has 0 unspecified atom stereocenters. The van der Waals surface area contributed by atoms with E-state index in [9.17, 15) is 0 Å². The molecule has 0 aliphatic heterocycles. The molecule has 0 bridgehead atoms. The van der Waals surface area contributed by atoms with E-state index in [0.717, 1.165) is 30.5 Å². The second kappa shape index (κ2) is 4.99. The van der Waals surface area contributed by atoms with Gasteiger partial charge in [-0.15, -0.1) is 0 Å². The van der Waals surface area contributed by atoms with Crippen molar-refractivity contribution in [2.75, 3.05) is 11.9 Å². The Balaban J connectivity index is 2.35. The molecule has 0 amide bonds. The van der Waals surface area contributed by atoms with Gasteiger partial charge in [-0.05, 0) is 23.1 Å². The van der Waals surface area contributed by atoms with Crippen LogP contribution in [0.15, 0.2) is 22.4 Å². The van der Waals surface area contributed by atoms with Crippen LogP contribution in [-0.4, -0.2) is 11.9 Å². The van der Waals surface area contributed by atoms with Crippen molar-refractivity contribution in [3.63, 3.8) is 0 Å². The quantitative estimate of drug-likeness (QED) is 0.721. The van der Waals surface area contributed by atoms with E-state index in [4.69, 9.17) is 4.74 Å². The molecule has 11 heavy (non-hydrogen) atoms. The van der Waals surface area contributed by atoms with Crippen LogP contribution in [0, 0.1) is 0 Å². The molecule has 1 nitrogen and oxygen atoms in total. The van der Waals surface area contributed by atoms with Crippen LogP contribution < -0.4 is 0 Å². The molecule has 0 saturated heterocycles. The topological polar surface area (TPSA) is 9.23 Å². The van der Waals surface area contributed by atoms with Crippen molar-refractivity contribution in [3.05, 3.63) is 22.4 Å². The minimum absolute atomic E-state index is 0.761.